The maximum absolute atomic E-state index is 13.4. The lowest BCUT2D eigenvalue weighted by molar-refractivity contribution is -0.133. The van der Waals surface area contributed by atoms with Crippen molar-refractivity contribution in [1.82, 2.24) is 29.3 Å². The van der Waals surface area contributed by atoms with Gasteiger partial charge in [0.15, 0.2) is 11.6 Å². The number of carbonyl (C=O) groups is 3. The molecule has 13 heteroatoms. The zero-order chi connectivity index (χ0) is 64.2. The first-order valence-electron chi connectivity index (χ1n) is 37.4. The number of aromatic nitrogens is 6. The van der Waals surface area contributed by atoms with E-state index in [-0.39, 0.29) is 41.0 Å². The number of aryl methyl sites for hydroxylation is 2. The van der Waals surface area contributed by atoms with Crippen LogP contribution in [0.4, 0.5) is 0 Å². The predicted molar refractivity (Wildman–Crippen MR) is 355 cm³/mol. The van der Waals surface area contributed by atoms with Gasteiger partial charge in [0.2, 0.25) is 0 Å². The van der Waals surface area contributed by atoms with Crippen molar-refractivity contribution in [2.45, 2.75) is 272 Å². The molecule has 0 radical (unpaired) electrons. The highest BCUT2D eigenvalue weighted by Gasteiger charge is 2.62. The van der Waals surface area contributed by atoms with E-state index in [9.17, 15) is 29.7 Å². The molecule has 502 valence electrons. The van der Waals surface area contributed by atoms with Crippen LogP contribution < -0.4 is 0 Å². The Balaban J connectivity index is 0.000000125. The number of carbonyl (C=O) groups excluding carboxylic acids is 3. The maximum atomic E-state index is 13.4. The smallest absolute Gasteiger partial charge is 0.341 e. The van der Waals surface area contributed by atoms with Crippen LogP contribution in [0.1, 0.15) is 244 Å². The molecule has 13 nitrogen and oxygen atoms in total. The van der Waals surface area contributed by atoms with Crippen LogP contribution >= 0.6 is 0 Å². The summed E-state index contributed by atoms with van der Waals surface area (Å²) in [4.78, 5) is 38.7. The predicted octanol–water partition coefficient (Wildman–Crippen LogP) is 15.2. The summed E-state index contributed by atoms with van der Waals surface area (Å²) < 4.78 is 10.6. The van der Waals surface area contributed by atoms with Crippen molar-refractivity contribution in [3.8, 4) is 0 Å². The standard InChI is InChI=1S/C27H40N2O4.C26H40N2O.C25H38N2O2/c1-4-33-25(31)18-14-28-29(15-18)16-24(30)23-8-7-22-21-6-5-17-13-26(2,32)11-9-19(17)20(21)10-12-27(22,23)3;1-17(16-28-14-11-18(2)27-28)23-7-8-24-22-6-5-19-15-25(3,29)12-9-20(19)21(22)10-13-26(23,24)4;1-16-10-13-26-27(16)15-23(28)22-7-6-21-20-5-4-17-14-24(2,29)11-8-18(17)19(20)9-12-25(21,22)3/h14-15,17,19-23,32H,4-13,16H2,1-3H3;11,14,19-24,29H,1,5-10,12-13,15-16H2,2-4H3;10,13,17-22,29H,4-9,11-12,14-15H2,1-3H3/t17-,19+,20-,21-,22+,23-,26-,27+;19-,20+,21-,22-,23-,24+,25-,26-;17-,18+,19-,20-,21+,22-,24-,25+/m111/s1. The van der Waals surface area contributed by atoms with Crippen molar-refractivity contribution in [3.05, 3.63) is 66.0 Å². The number of rotatable bonds is 11. The number of ether oxygens (including phenoxy) is 1. The largest absolute Gasteiger partial charge is 0.462 e. The van der Waals surface area contributed by atoms with E-state index >= 15 is 0 Å². The Morgan fingerprint density at radius 3 is 1.38 bits per heavy atom. The summed E-state index contributed by atoms with van der Waals surface area (Å²) in [6.45, 7) is 25.9. The van der Waals surface area contributed by atoms with E-state index in [1.165, 1.54) is 121 Å². The van der Waals surface area contributed by atoms with E-state index in [1.807, 2.05) is 31.5 Å². The molecule has 3 aromatic rings. The number of allylic oxidation sites excluding steroid dienone is 1. The highest BCUT2D eigenvalue weighted by molar-refractivity contribution is 5.89. The third-order valence-electron chi connectivity index (χ3n) is 29.8. The maximum Gasteiger partial charge on any atom is 0.341 e. The van der Waals surface area contributed by atoms with Gasteiger partial charge in [-0.15, -0.1) is 0 Å². The molecule has 12 aliphatic carbocycles. The summed E-state index contributed by atoms with van der Waals surface area (Å²) in [6, 6.07) is 4.08. The third kappa shape index (κ3) is 12.6. The summed E-state index contributed by atoms with van der Waals surface area (Å²) in [6.07, 6.45) is 39.4. The molecule has 0 amide bonds. The van der Waals surface area contributed by atoms with Crippen LogP contribution in [-0.4, -0.2) is 85.6 Å². The van der Waals surface area contributed by atoms with Gasteiger partial charge in [-0.3, -0.25) is 23.6 Å². The fourth-order valence-electron chi connectivity index (χ4n) is 25.7. The molecule has 0 unspecified atom stereocenters. The van der Waals surface area contributed by atoms with Crippen molar-refractivity contribution in [2.24, 2.45) is 123 Å². The number of fused-ring (bicyclic) bond motifs is 15. The fourth-order valence-corrected chi connectivity index (χ4v) is 25.7. The lowest BCUT2D eigenvalue weighted by Gasteiger charge is -2.57. The highest BCUT2D eigenvalue weighted by Crippen LogP contribution is 2.68. The van der Waals surface area contributed by atoms with Crippen LogP contribution in [0.2, 0.25) is 0 Å². The van der Waals surface area contributed by atoms with Crippen LogP contribution in [0, 0.1) is 137 Å². The molecular weight excluding hydrogens is 1130 g/mol. The van der Waals surface area contributed by atoms with Gasteiger partial charge < -0.3 is 20.1 Å². The number of aliphatic hydroxyl groups is 3. The topological polar surface area (TPSA) is 175 Å². The Labute approximate surface area is 546 Å². The number of hydrogen-bond donors (Lipinski definition) is 3. The molecular formula is C78H118N6O7. The number of ketones is 2. The van der Waals surface area contributed by atoms with E-state index in [4.69, 9.17) is 4.74 Å². The van der Waals surface area contributed by atoms with E-state index in [0.717, 1.165) is 159 Å². The van der Waals surface area contributed by atoms with Gasteiger partial charge in [0, 0.05) is 36.1 Å². The molecule has 0 saturated heterocycles. The second kappa shape index (κ2) is 25.2. The van der Waals surface area contributed by atoms with E-state index in [2.05, 4.69) is 73.4 Å². The molecule has 15 rings (SSSR count). The normalized spacial score (nSPS) is 45.0. The molecule has 91 heavy (non-hydrogen) atoms. The first kappa shape index (κ1) is 65.7. The van der Waals surface area contributed by atoms with Crippen LogP contribution in [-0.2, 0) is 34.0 Å². The van der Waals surface area contributed by atoms with Gasteiger partial charge in [0.25, 0.3) is 0 Å². The van der Waals surface area contributed by atoms with Crippen LogP contribution in [0.5, 0.6) is 0 Å². The molecule has 3 heterocycles. The quantitative estimate of drug-likeness (QED) is 0.124. The van der Waals surface area contributed by atoms with Crippen molar-refractivity contribution in [3.63, 3.8) is 0 Å². The van der Waals surface area contributed by atoms with Crippen molar-refractivity contribution in [1.29, 1.82) is 0 Å². The van der Waals surface area contributed by atoms with Crippen molar-refractivity contribution >= 4 is 17.5 Å². The summed E-state index contributed by atoms with van der Waals surface area (Å²) in [5.74, 6) is 13.1. The van der Waals surface area contributed by atoms with Crippen LogP contribution in [0.25, 0.3) is 0 Å². The van der Waals surface area contributed by atoms with Gasteiger partial charge in [-0.25, -0.2) is 4.79 Å². The van der Waals surface area contributed by atoms with Gasteiger partial charge >= 0.3 is 5.97 Å². The Bertz CT molecular complexity index is 3120. The van der Waals surface area contributed by atoms with Gasteiger partial charge in [0.05, 0.1) is 54.0 Å². The fraction of sp³-hybridized carbons (Fsp3) is 0.821. The Morgan fingerprint density at radius 1 is 0.516 bits per heavy atom. The second-order valence-electron chi connectivity index (χ2n) is 35.1. The highest BCUT2D eigenvalue weighted by atomic mass is 16.5. The lowest BCUT2D eigenvalue weighted by atomic mass is 9.49. The number of nitrogens with zero attached hydrogens (tertiary/aromatic N) is 6. The summed E-state index contributed by atoms with van der Waals surface area (Å²) in [5.41, 5.74) is 3.38. The first-order chi connectivity index (χ1) is 43.3. The minimum atomic E-state index is -0.471. The molecule has 0 aliphatic heterocycles. The van der Waals surface area contributed by atoms with Crippen molar-refractivity contribution < 1.29 is 34.4 Å². The Hall–Kier alpha value is -3.94. The Kier molecular flexibility index (Phi) is 18.2. The SMILES string of the molecule is C=C(Cn1ccc(C)n1)[C@H]1CC[C@H]2[C@@H]3CC[C@@H]4C[C@](C)(O)CC[C@@H]4[C@H]3CC[C@]12C.CCOC(=O)c1cnn(CC(=O)[C@H]2CC[C@H]3[C@@H]4CC[C@@H]5C[C@](C)(O)CC[C@@H]5[C@H]4CC[C@]23C)c1.Cc1ccnn1CC(=O)[C@H]1CC[C@H]2[C@@H]3CC[C@@H]4C[C@](C)(O)CC[C@@H]4[C@H]3CC[C@]12C. The van der Waals surface area contributed by atoms with Crippen LogP contribution in [0.15, 0.2) is 49.1 Å². The number of esters is 1. The van der Waals surface area contributed by atoms with Gasteiger partial charge in [-0.05, 0) is 338 Å². The first-order valence-corrected chi connectivity index (χ1v) is 37.4. The molecule has 24 atom stereocenters. The van der Waals surface area contributed by atoms with Gasteiger partial charge in [-0.2, -0.15) is 15.3 Å². The minimum absolute atomic E-state index is 0.0857. The molecule has 0 aromatic carbocycles. The molecule has 0 bridgehead atoms. The molecule has 12 saturated carbocycles. The zero-order valence-electron chi connectivity index (χ0n) is 57.6. The van der Waals surface area contributed by atoms with Crippen molar-refractivity contribution in [2.75, 3.05) is 6.61 Å². The molecule has 12 aliphatic rings. The second-order valence-corrected chi connectivity index (χ2v) is 35.1. The number of hydrogen-bond acceptors (Lipinski definition) is 10. The summed E-state index contributed by atoms with van der Waals surface area (Å²) >= 11 is 0. The lowest BCUT2D eigenvalue weighted by Crippen LogP contribution is -2.51. The molecule has 3 aromatic heterocycles. The minimum Gasteiger partial charge on any atom is -0.462 e. The monoisotopic (exact) mass is 1250 g/mol. The van der Waals surface area contributed by atoms with Gasteiger partial charge in [-0.1, -0.05) is 32.9 Å². The van der Waals surface area contributed by atoms with E-state index in [1.54, 1.807) is 24.0 Å². The number of Topliss-reactive ketones (excluding diaryl/α,β-unsaturated/α-hetero) is 2. The molecule has 0 spiro atoms. The average Bonchev–Trinajstić information content (AvgIpc) is 1.72. The van der Waals surface area contributed by atoms with E-state index < -0.39 is 16.8 Å². The average molecular weight is 1250 g/mol. The van der Waals surface area contributed by atoms with Crippen LogP contribution in [0.3, 0.4) is 0 Å². The molecule has 12 fully saturated rings. The van der Waals surface area contributed by atoms with E-state index in [0.29, 0.717) is 47.7 Å². The Morgan fingerprint density at radius 2 is 0.956 bits per heavy atom. The summed E-state index contributed by atoms with van der Waals surface area (Å²) in [5, 5.41) is 45.0. The molecule has 3 N–H and O–H groups in total. The summed E-state index contributed by atoms with van der Waals surface area (Å²) in [7, 11) is 0. The third-order valence-corrected chi connectivity index (χ3v) is 29.8. The zero-order valence-corrected chi connectivity index (χ0v) is 57.6. The van der Waals surface area contributed by atoms with Gasteiger partial charge in [0.1, 0.15) is 6.54 Å².